The topological polar surface area (TPSA) is 75.8 Å². The number of nitrogens with two attached hydrogens (primary N) is 1. The number of carboxylic acids is 1. The lowest BCUT2D eigenvalue weighted by molar-refractivity contribution is -0.139. The minimum Gasteiger partial charge on any atom is -0.486 e. The molecule has 1 aliphatic rings. The van der Waals surface area contributed by atoms with Crippen LogP contribution in [0.15, 0.2) is 18.2 Å². The lowest BCUT2D eigenvalue weighted by Crippen LogP contribution is -2.46. The van der Waals surface area contributed by atoms with Crippen molar-refractivity contribution >= 4 is 17.3 Å². The molecule has 0 amide bonds. The summed E-state index contributed by atoms with van der Waals surface area (Å²) in [5, 5.41) is 8.84. The molecule has 17 heavy (non-hydrogen) atoms. The third-order valence-electron chi connectivity index (χ3n) is 3.17. The Bertz CT molecular complexity index is 447. The standard InChI is InChI=1S/C12H16N2O3/c1-7-11(6-12(15)16)17-10-4-3-8(13)5-9(10)14(7)2/h3-5,7,11H,6,13H2,1-2H3,(H,15,16). The number of nitrogen functional groups attached to an aromatic ring is 1. The SMILES string of the molecule is CC1C(CC(=O)O)Oc2ccc(N)cc2N1C. The lowest BCUT2D eigenvalue weighted by Gasteiger charge is -2.39. The summed E-state index contributed by atoms with van der Waals surface area (Å²) in [6, 6.07) is 5.37. The average Bonchev–Trinajstić information content (AvgIpc) is 2.26. The minimum absolute atomic E-state index is 0.000370. The zero-order valence-corrected chi connectivity index (χ0v) is 9.88. The number of nitrogens with zero attached hydrogens (tertiary/aromatic N) is 1. The number of carboxylic acid groups (broad SMARTS) is 1. The lowest BCUT2D eigenvalue weighted by atomic mass is 10.0. The maximum atomic E-state index is 10.8. The van der Waals surface area contributed by atoms with Crippen molar-refractivity contribution in [2.45, 2.75) is 25.5 Å². The van der Waals surface area contributed by atoms with Gasteiger partial charge in [-0.2, -0.15) is 0 Å². The fourth-order valence-electron chi connectivity index (χ4n) is 2.02. The van der Waals surface area contributed by atoms with Crippen LogP contribution in [0.4, 0.5) is 11.4 Å². The van der Waals surface area contributed by atoms with Crippen LogP contribution in [0.1, 0.15) is 13.3 Å². The molecule has 1 aromatic rings. The van der Waals surface area contributed by atoms with Crippen LogP contribution in [-0.4, -0.2) is 30.3 Å². The second kappa shape index (κ2) is 4.16. The summed E-state index contributed by atoms with van der Waals surface area (Å²) < 4.78 is 5.70. The molecule has 0 bridgehead atoms. The summed E-state index contributed by atoms with van der Waals surface area (Å²) >= 11 is 0. The fraction of sp³-hybridized carbons (Fsp3) is 0.417. The van der Waals surface area contributed by atoms with E-state index in [0.29, 0.717) is 11.4 Å². The average molecular weight is 236 g/mol. The Hall–Kier alpha value is -1.91. The first-order valence-corrected chi connectivity index (χ1v) is 5.50. The number of anilines is 2. The maximum Gasteiger partial charge on any atom is 0.307 e. The van der Waals surface area contributed by atoms with Crippen LogP contribution in [0.5, 0.6) is 5.75 Å². The molecule has 0 fully saturated rings. The quantitative estimate of drug-likeness (QED) is 0.757. The second-order valence-corrected chi connectivity index (χ2v) is 4.33. The highest BCUT2D eigenvalue weighted by Crippen LogP contribution is 2.37. The van der Waals surface area contributed by atoms with Gasteiger partial charge in [0.25, 0.3) is 0 Å². The summed E-state index contributed by atoms with van der Waals surface area (Å²) in [6.07, 6.45) is -0.344. The first kappa shape index (κ1) is 11.6. The summed E-state index contributed by atoms with van der Waals surface area (Å²) in [5.41, 5.74) is 7.30. The fourth-order valence-corrected chi connectivity index (χ4v) is 2.02. The highest BCUT2D eigenvalue weighted by atomic mass is 16.5. The van der Waals surface area contributed by atoms with Crippen molar-refractivity contribution < 1.29 is 14.6 Å². The van der Waals surface area contributed by atoms with E-state index in [1.807, 2.05) is 24.9 Å². The van der Waals surface area contributed by atoms with Gasteiger partial charge in [-0.15, -0.1) is 0 Å². The Morgan fingerprint density at radius 2 is 2.29 bits per heavy atom. The third-order valence-corrected chi connectivity index (χ3v) is 3.17. The minimum atomic E-state index is -0.853. The number of hydrogen-bond donors (Lipinski definition) is 2. The van der Waals surface area contributed by atoms with Crippen LogP contribution >= 0.6 is 0 Å². The van der Waals surface area contributed by atoms with Crippen LogP contribution in [0.3, 0.4) is 0 Å². The molecule has 1 heterocycles. The van der Waals surface area contributed by atoms with Gasteiger partial charge in [0.2, 0.25) is 0 Å². The van der Waals surface area contributed by atoms with Gasteiger partial charge in [0, 0.05) is 12.7 Å². The van der Waals surface area contributed by atoms with Crippen molar-refractivity contribution in [2.24, 2.45) is 0 Å². The maximum absolute atomic E-state index is 10.8. The van der Waals surface area contributed by atoms with Gasteiger partial charge in [-0.3, -0.25) is 4.79 Å². The number of likely N-dealkylation sites (N-methyl/N-ethyl adjacent to an activating group) is 1. The molecule has 0 spiro atoms. The molecule has 1 aromatic carbocycles. The zero-order valence-electron chi connectivity index (χ0n) is 9.88. The van der Waals surface area contributed by atoms with E-state index in [2.05, 4.69) is 0 Å². The zero-order chi connectivity index (χ0) is 12.6. The predicted molar refractivity (Wildman–Crippen MR) is 65.4 cm³/mol. The smallest absolute Gasteiger partial charge is 0.307 e. The normalized spacial score (nSPS) is 22.8. The molecule has 3 N–H and O–H groups in total. The van der Waals surface area contributed by atoms with E-state index in [1.54, 1.807) is 12.1 Å². The van der Waals surface area contributed by atoms with E-state index in [1.165, 1.54) is 0 Å². The monoisotopic (exact) mass is 236 g/mol. The number of aliphatic carboxylic acids is 1. The summed E-state index contributed by atoms with van der Waals surface area (Å²) in [7, 11) is 1.92. The van der Waals surface area contributed by atoms with E-state index in [4.69, 9.17) is 15.6 Å². The predicted octanol–water partition coefficient (Wildman–Crippen LogP) is 1.33. The Labute approximate surface area is 99.8 Å². The molecule has 2 unspecified atom stereocenters. The highest BCUT2D eigenvalue weighted by Gasteiger charge is 2.32. The molecule has 2 atom stereocenters. The first-order valence-electron chi connectivity index (χ1n) is 5.50. The van der Waals surface area contributed by atoms with Gasteiger partial charge in [0.15, 0.2) is 0 Å². The molecular weight excluding hydrogens is 220 g/mol. The van der Waals surface area contributed by atoms with E-state index in [9.17, 15) is 4.79 Å². The van der Waals surface area contributed by atoms with Crippen molar-refractivity contribution in [1.82, 2.24) is 0 Å². The number of carbonyl (C=O) groups is 1. The number of fused-ring (bicyclic) bond motifs is 1. The molecule has 0 aliphatic carbocycles. The molecule has 0 radical (unpaired) electrons. The molecule has 92 valence electrons. The molecule has 2 rings (SSSR count). The number of hydrogen-bond acceptors (Lipinski definition) is 4. The molecule has 1 aliphatic heterocycles. The van der Waals surface area contributed by atoms with Crippen molar-refractivity contribution in [1.29, 1.82) is 0 Å². The van der Waals surface area contributed by atoms with Crippen molar-refractivity contribution in [3.8, 4) is 5.75 Å². The van der Waals surface area contributed by atoms with E-state index in [0.717, 1.165) is 5.69 Å². The molecular formula is C12H16N2O3. The number of rotatable bonds is 2. The first-order chi connectivity index (χ1) is 7.99. The van der Waals surface area contributed by atoms with Crippen molar-refractivity contribution in [2.75, 3.05) is 17.7 Å². The van der Waals surface area contributed by atoms with Gasteiger partial charge in [-0.05, 0) is 25.1 Å². The Morgan fingerprint density at radius 3 is 2.94 bits per heavy atom. The van der Waals surface area contributed by atoms with Gasteiger partial charge in [-0.25, -0.2) is 0 Å². The summed E-state index contributed by atoms with van der Waals surface area (Å²) in [4.78, 5) is 12.8. The molecule has 0 aromatic heterocycles. The largest absolute Gasteiger partial charge is 0.486 e. The number of benzene rings is 1. The highest BCUT2D eigenvalue weighted by molar-refractivity contribution is 5.70. The third kappa shape index (κ3) is 2.13. The van der Waals surface area contributed by atoms with Crippen LogP contribution in [-0.2, 0) is 4.79 Å². The van der Waals surface area contributed by atoms with Crippen molar-refractivity contribution in [3.05, 3.63) is 18.2 Å². The summed E-state index contributed by atoms with van der Waals surface area (Å²) in [5.74, 6) is -0.166. The summed E-state index contributed by atoms with van der Waals surface area (Å²) in [6.45, 7) is 1.94. The second-order valence-electron chi connectivity index (χ2n) is 4.33. The molecule has 5 nitrogen and oxygen atoms in total. The van der Waals surface area contributed by atoms with Crippen molar-refractivity contribution in [3.63, 3.8) is 0 Å². The van der Waals surface area contributed by atoms with Gasteiger partial charge >= 0.3 is 5.97 Å². The van der Waals surface area contributed by atoms with Crippen LogP contribution < -0.4 is 15.4 Å². The molecule has 0 saturated heterocycles. The van der Waals surface area contributed by atoms with Crippen LogP contribution in [0, 0.1) is 0 Å². The van der Waals surface area contributed by atoms with Gasteiger partial charge in [-0.1, -0.05) is 0 Å². The Kier molecular flexibility index (Phi) is 2.83. The molecule has 5 heteroatoms. The van der Waals surface area contributed by atoms with E-state index < -0.39 is 5.97 Å². The van der Waals surface area contributed by atoms with Gasteiger partial charge in [0.05, 0.1) is 18.2 Å². The van der Waals surface area contributed by atoms with E-state index >= 15 is 0 Å². The Balaban J connectivity index is 2.32. The van der Waals surface area contributed by atoms with E-state index in [-0.39, 0.29) is 18.6 Å². The van der Waals surface area contributed by atoms with Gasteiger partial charge < -0.3 is 20.5 Å². The number of ether oxygens (including phenoxy) is 1. The van der Waals surface area contributed by atoms with Crippen LogP contribution in [0.2, 0.25) is 0 Å². The molecule has 0 saturated carbocycles. The Morgan fingerprint density at radius 1 is 1.59 bits per heavy atom. The van der Waals surface area contributed by atoms with Gasteiger partial charge in [0.1, 0.15) is 11.9 Å². The van der Waals surface area contributed by atoms with Crippen LogP contribution in [0.25, 0.3) is 0 Å².